The predicted molar refractivity (Wildman–Crippen MR) is 84.1 cm³/mol. The van der Waals surface area contributed by atoms with Crippen molar-refractivity contribution in [1.82, 2.24) is 0 Å². The first-order chi connectivity index (χ1) is 10.5. The van der Waals surface area contributed by atoms with Crippen LogP contribution in [0.5, 0.6) is 11.5 Å². The van der Waals surface area contributed by atoms with Crippen LogP contribution in [-0.2, 0) is 22.6 Å². The van der Waals surface area contributed by atoms with E-state index in [1.54, 1.807) is 13.2 Å². The Kier molecular flexibility index (Phi) is 5.04. The average Bonchev–Trinajstić information content (AvgIpc) is 2.49. The lowest BCUT2D eigenvalue weighted by Crippen LogP contribution is -2.01. The van der Waals surface area contributed by atoms with Crippen molar-refractivity contribution >= 4 is 5.97 Å². The first-order valence-corrected chi connectivity index (χ1v) is 7.07. The van der Waals surface area contributed by atoms with Gasteiger partial charge in [-0.1, -0.05) is 18.2 Å². The summed E-state index contributed by atoms with van der Waals surface area (Å²) in [7, 11) is 1.63. The zero-order valence-corrected chi connectivity index (χ0v) is 13.1. The minimum Gasteiger partial charge on any atom is -0.508 e. The van der Waals surface area contributed by atoms with Crippen LogP contribution in [0.3, 0.4) is 0 Å². The molecule has 2 rings (SSSR count). The second kappa shape index (κ2) is 6.98. The molecule has 0 saturated heterocycles. The molecule has 0 aromatic heterocycles. The summed E-state index contributed by atoms with van der Waals surface area (Å²) in [5.41, 5.74) is 3.71. The van der Waals surface area contributed by atoms with E-state index < -0.39 is 0 Å². The van der Waals surface area contributed by atoms with Crippen molar-refractivity contribution in [2.24, 2.45) is 0 Å². The highest BCUT2D eigenvalue weighted by molar-refractivity contribution is 5.66. The lowest BCUT2D eigenvalue weighted by molar-refractivity contribution is -0.142. The van der Waals surface area contributed by atoms with Gasteiger partial charge in [0.05, 0.1) is 7.11 Å². The van der Waals surface area contributed by atoms with Gasteiger partial charge < -0.3 is 14.6 Å². The maximum atomic E-state index is 10.9. The Labute approximate surface area is 130 Å². The second-order valence-corrected chi connectivity index (χ2v) is 5.22. The third-order valence-corrected chi connectivity index (χ3v) is 3.49. The van der Waals surface area contributed by atoms with Crippen LogP contribution in [0.2, 0.25) is 0 Å². The summed E-state index contributed by atoms with van der Waals surface area (Å²) in [5, 5.41) is 10.2. The number of rotatable bonds is 5. The molecule has 2 aromatic carbocycles. The van der Waals surface area contributed by atoms with Crippen LogP contribution in [0.1, 0.15) is 29.2 Å². The summed E-state index contributed by atoms with van der Waals surface area (Å²) in [5.74, 6) is 0.693. The van der Waals surface area contributed by atoms with Crippen LogP contribution < -0.4 is 4.74 Å². The summed E-state index contributed by atoms with van der Waals surface area (Å²) in [6, 6.07) is 11.3. The summed E-state index contributed by atoms with van der Waals surface area (Å²) in [6.45, 7) is 3.48. The Morgan fingerprint density at radius 2 is 1.82 bits per heavy atom. The van der Waals surface area contributed by atoms with Gasteiger partial charge in [0.25, 0.3) is 0 Å². The Morgan fingerprint density at radius 1 is 1.14 bits per heavy atom. The highest BCUT2D eigenvalue weighted by atomic mass is 16.5. The molecule has 0 radical (unpaired) electrons. The molecule has 0 amide bonds. The molecule has 4 heteroatoms. The molecular formula is C18H20O4. The standard InChI is InChI=1S/C18H20O4/c1-12-8-15(11-22-13(2)19)10-18(20)17(12)9-14-4-6-16(21-3)7-5-14/h4-8,10,20H,9,11H2,1-3H3. The number of carbonyl (C=O) groups is 1. The lowest BCUT2D eigenvalue weighted by Gasteiger charge is -2.12. The van der Waals surface area contributed by atoms with E-state index in [-0.39, 0.29) is 18.3 Å². The number of hydrogen-bond donors (Lipinski definition) is 1. The summed E-state index contributed by atoms with van der Waals surface area (Å²) < 4.78 is 10.1. The first kappa shape index (κ1) is 15.9. The topological polar surface area (TPSA) is 55.8 Å². The molecule has 0 heterocycles. The molecule has 0 unspecified atom stereocenters. The van der Waals surface area contributed by atoms with Crippen molar-refractivity contribution in [2.75, 3.05) is 7.11 Å². The van der Waals surface area contributed by atoms with Crippen molar-refractivity contribution in [2.45, 2.75) is 26.9 Å². The van der Waals surface area contributed by atoms with Crippen LogP contribution in [0, 0.1) is 6.92 Å². The number of ether oxygens (including phenoxy) is 2. The molecule has 2 aromatic rings. The van der Waals surface area contributed by atoms with Crippen LogP contribution in [-0.4, -0.2) is 18.2 Å². The van der Waals surface area contributed by atoms with Gasteiger partial charge in [0.2, 0.25) is 0 Å². The molecule has 1 N–H and O–H groups in total. The van der Waals surface area contributed by atoms with E-state index in [1.807, 2.05) is 37.3 Å². The van der Waals surface area contributed by atoms with Gasteiger partial charge in [-0.2, -0.15) is 0 Å². The fraction of sp³-hybridized carbons (Fsp3) is 0.278. The number of aromatic hydroxyl groups is 1. The van der Waals surface area contributed by atoms with Gasteiger partial charge in [-0.3, -0.25) is 4.79 Å². The number of aryl methyl sites for hydroxylation is 1. The lowest BCUT2D eigenvalue weighted by atomic mass is 9.97. The second-order valence-electron chi connectivity index (χ2n) is 5.22. The third kappa shape index (κ3) is 4.01. The van der Waals surface area contributed by atoms with Crippen LogP contribution >= 0.6 is 0 Å². The minimum atomic E-state index is -0.334. The molecule has 0 aliphatic heterocycles. The minimum absolute atomic E-state index is 0.173. The Morgan fingerprint density at radius 3 is 2.36 bits per heavy atom. The zero-order chi connectivity index (χ0) is 16.1. The summed E-state index contributed by atoms with van der Waals surface area (Å²) >= 11 is 0. The van der Waals surface area contributed by atoms with E-state index in [0.717, 1.165) is 28.0 Å². The summed E-state index contributed by atoms with van der Waals surface area (Å²) in [6.07, 6.45) is 0.634. The molecule has 4 nitrogen and oxygen atoms in total. The summed E-state index contributed by atoms with van der Waals surface area (Å²) in [4.78, 5) is 10.9. The number of methoxy groups -OCH3 is 1. The highest BCUT2D eigenvalue weighted by Gasteiger charge is 2.09. The highest BCUT2D eigenvalue weighted by Crippen LogP contribution is 2.27. The Bertz CT molecular complexity index is 636. The average molecular weight is 300 g/mol. The van der Waals surface area contributed by atoms with Crippen molar-refractivity contribution in [3.63, 3.8) is 0 Å². The Hall–Kier alpha value is -2.49. The molecule has 22 heavy (non-hydrogen) atoms. The molecule has 0 aliphatic carbocycles. The fourth-order valence-corrected chi connectivity index (χ4v) is 2.32. The molecule has 116 valence electrons. The van der Waals surface area contributed by atoms with Gasteiger partial charge in [0.15, 0.2) is 0 Å². The third-order valence-electron chi connectivity index (χ3n) is 3.49. The number of benzene rings is 2. The van der Waals surface area contributed by atoms with Crippen molar-refractivity contribution in [3.05, 3.63) is 58.7 Å². The van der Waals surface area contributed by atoms with Crippen molar-refractivity contribution in [3.8, 4) is 11.5 Å². The van der Waals surface area contributed by atoms with Crippen LogP contribution in [0.25, 0.3) is 0 Å². The van der Waals surface area contributed by atoms with Crippen LogP contribution in [0.15, 0.2) is 36.4 Å². The molecular weight excluding hydrogens is 280 g/mol. The van der Waals surface area contributed by atoms with Gasteiger partial charge in [0.1, 0.15) is 18.1 Å². The number of esters is 1. The van der Waals surface area contributed by atoms with Gasteiger partial charge in [-0.05, 0) is 41.8 Å². The van der Waals surface area contributed by atoms with E-state index in [1.165, 1.54) is 6.92 Å². The van der Waals surface area contributed by atoms with Crippen molar-refractivity contribution < 1.29 is 19.4 Å². The van der Waals surface area contributed by atoms with E-state index in [4.69, 9.17) is 9.47 Å². The van der Waals surface area contributed by atoms with Gasteiger partial charge in [-0.25, -0.2) is 0 Å². The normalized spacial score (nSPS) is 10.3. The van der Waals surface area contributed by atoms with Crippen LogP contribution in [0.4, 0.5) is 0 Å². The fourth-order valence-electron chi connectivity index (χ4n) is 2.32. The smallest absolute Gasteiger partial charge is 0.302 e. The van der Waals surface area contributed by atoms with E-state index in [9.17, 15) is 9.90 Å². The molecule has 0 atom stereocenters. The molecule has 0 spiro atoms. The van der Waals surface area contributed by atoms with Crippen molar-refractivity contribution in [1.29, 1.82) is 0 Å². The number of phenolic OH excluding ortho intramolecular Hbond substituents is 1. The quantitative estimate of drug-likeness (QED) is 0.860. The van der Waals surface area contributed by atoms with E-state index in [0.29, 0.717) is 6.42 Å². The first-order valence-electron chi connectivity index (χ1n) is 7.07. The number of phenols is 1. The largest absolute Gasteiger partial charge is 0.508 e. The number of hydrogen-bond acceptors (Lipinski definition) is 4. The van der Waals surface area contributed by atoms with E-state index >= 15 is 0 Å². The predicted octanol–water partition coefficient (Wildman–Crippen LogP) is 3.36. The van der Waals surface area contributed by atoms with Gasteiger partial charge in [-0.15, -0.1) is 0 Å². The number of carbonyl (C=O) groups excluding carboxylic acids is 1. The molecule has 0 saturated carbocycles. The molecule has 0 aliphatic rings. The monoisotopic (exact) mass is 300 g/mol. The Balaban J connectivity index is 2.18. The maximum absolute atomic E-state index is 10.9. The zero-order valence-electron chi connectivity index (χ0n) is 13.1. The molecule has 0 bridgehead atoms. The SMILES string of the molecule is COc1ccc(Cc2c(C)cc(COC(C)=O)cc2O)cc1. The van der Waals surface area contributed by atoms with Gasteiger partial charge in [0, 0.05) is 18.9 Å². The molecule has 0 fully saturated rings. The van der Waals surface area contributed by atoms with Gasteiger partial charge >= 0.3 is 5.97 Å². The maximum Gasteiger partial charge on any atom is 0.302 e. The van der Waals surface area contributed by atoms with E-state index in [2.05, 4.69) is 0 Å².